The number of nitrogens with zero attached hydrogens (tertiary/aromatic N) is 1. The quantitative estimate of drug-likeness (QED) is 0.862. The molecule has 3 nitrogen and oxygen atoms in total. The molecule has 0 fully saturated rings. The van der Waals surface area contributed by atoms with Crippen molar-refractivity contribution < 1.29 is 14.3 Å². The second-order valence-electron chi connectivity index (χ2n) is 3.30. The first kappa shape index (κ1) is 11.9. The molecule has 5 heteroatoms. The smallest absolute Gasteiger partial charge is 0.317 e. The van der Waals surface area contributed by atoms with Crippen molar-refractivity contribution in [2.75, 3.05) is 13.6 Å². The Morgan fingerprint density at radius 1 is 1.60 bits per heavy atom. The summed E-state index contributed by atoms with van der Waals surface area (Å²) in [6, 6.07) is 4.34. The van der Waals surface area contributed by atoms with E-state index in [0.29, 0.717) is 10.6 Å². The highest BCUT2D eigenvalue weighted by molar-refractivity contribution is 6.30. The molecule has 1 N–H and O–H groups in total. The van der Waals surface area contributed by atoms with Gasteiger partial charge in [-0.1, -0.05) is 17.7 Å². The number of hydrogen-bond acceptors (Lipinski definition) is 2. The van der Waals surface area contributed by atoms with Crippen LogP contribution >= 0.6 is 11.6 Å². The Kier molecular flexibility index (Phi) is 4.05. The summed E-state index contributed by atoms with van der Waals surface area (Å²) in [5.41, 5.74) is 0.433. The fourth-order valence-corrected chi connectivity index (χ4v) is 1.39. The molecule has 0 aliphatic rings. The van der Waals surface area contributed by atoms with Gasteiger partial charge >= 0.3 is 5.97 Å². The molecule has 0 saturated carbocycles. The molecule has 0 aromatic heterocycles. The summed E-state index contributed by atoms with van der Waals surface area (Å²) in [6.45, 7) is 0.122. The molecule has 0 atom stereocenters. The molecule has 0 heterocycles. The fraction of sp³-hybridized carbons (Fsp3) is 0.300. The molecule has 0 saturated heterocycles. The molecule has 0 unspecified atom stereocenters. The van der Waals surface area contributed by atoms with Crippen LogP contribution in [0.25, 0.3) is 0 Å². The van der Waals surface area contributed by atoms with Crippen LogP contribution in [0.15, 0.2) is 18.2 Å². The van der Waals surface area contributed by atoms with Crippen molar-refractivity contribution in [2.45, 2.75) is 6.54 Å². The van der Waals surface area contributed by atoms with Crippen molar-refractivity contribution in [3.63, 3.8) is 0 Å². The van der Waals surface area contributed by atoms with E-state index in [9.17, 15) is 9.18 Å². The van der Waals surface area contributed by atoms with Crippen LogP contribution in [0.1, 0.15) is 5.56 Å². The zero-order chi connectivity index (χ0) is 11.4. The molecule has 1 rings (SSSR count). The zero-order valence-corrected chi connectivity index (χ0v) is 8.96. The Morgan fingerprint density at radius 3 is 2.80 bits per heavy atom. The lowest BCUT2D eigenvalue weighted by Gasteiger charge is -2.14. The van der Waals surface area contributed by atoms with Crippen LogP contribution in [0.2, 0.25) is 5.02 Å². The van der Waals surface area contributed by atoms with E-state index >= 15 is 0 Å². The molecule has 1 aromatic carbocycles. The molecule has 15 heavy (non-hydrogen) atoms. The number of halogens is 2. The van der Waals surface area contributed by atoms with Crippen LogP contribution in [0, 0.1) is 5.82 Å². The number of carbonyl (C=O) groups is 1. The number of carboxylic acid groups (broad SMARTS) is 1. The van der Waals surface area contributed by atoms with Crippen LogP contribution < -0.4 is 0 Å². The Bertz CT molecular complexity index is 370. The normalized spacial score (nSPS) is 10.7. The first-order chi connectivity index (χ1) is 6.99. The fourth-order valence-electron chi connectivity index (χ4n) is 1.23. The average molecular weight is 232 g/mol. The van der Waals surface area contributed by atoms with E-state index in [0.717, 1.165) is 0 Å². The number of aliphatic carboxylic acids is 1. The predicted octanol–water partition coefficient (Wildman–Crippen LogP) is 2.00. The second kappa shape index (κ2) is 5.09. The summed E-state index contributed by atoms with van der Waals surface area (Å²) < 4.78 is 13.3. The average Bonchev–Trinajstić information content (AvgIpc) is 2.08. The molecule has 0 radical (unpaired) electrons. The van der Waals surface area contributed by atoms with Gasteiger partial charge in [0.05, 0.1) is 6.54 Å². The summed E-state index contributed by atoms with van der Waals surface area (Å²) >= 11 is 5.59. The van der Waals surface area contributed by atoms with E-state index in [1.807, 2.05) is 0 Å². The zero-order valence-electron chi connectivity index (χ0n) is 8.20. The molecule has 0 aliphatic carbocycles. The van der Waals surface area contributed by atoms with Crippen LogP contribution in [-0.2, 0) is 11.3 Å². The Morgan fingerprint density at radius 2 is 2.27 bits per heavy atom. The van der Waals surface area contributed by atoms with Gasteiger partial charge in [0.15, 0.2) is 0 Å². The largest absolute Gasteiger partial charge is 0.480 e. The van der Waals surface area contributed by atoms with E-state index in [4.69, 9.17) is 16.7 Å². The third-order valence-corrected chi connectivity index (χ3v) is 2.10. The monoisotopic (exact) mass is 231 g/mol. The van der Waals surface area contributed by atoms with Gasteiger partial charge in [-0.15, -0.1) is 0 Å². The summed E-state index contributed by atoms with van der Waals surface area (Å²) in [6.07, 6.45) is 0. The lowest BCUT2D eigenvalue weighted by Crippen LogP contribution is -2.25. The van der Waals surface area contributed by atoms with E-state index in [1.165, 1.54) is 11.0 Å². The number of benzene rings is 1. The van der Waals surface area contributed by atoms with Gasteiger partial charge in [-0.3, -0.25) is 9.69 Å². The van der Waals surface area contributed by atoms with Crippen molar-refractivity contribution >= 4 is 17.6 Å². The summed E-state index contributed by atoms with van der Waals surface area (Å²) in [5, 5.41) is 8.85. The van der Waals surface area contributed by atoms with E-state index in [-0.39, 0.29) is 13.1 Å². The van der Waals surface area contributed by atoms with Crippen molar-refractivity contribution in [2.24, 2.45) is 0 Å². The van der Waals surface area contributed by atoms with Crippen molar-refractivity contribution in [3.05, 3.63) is 34.6 Å². The topological polar surface area (TPSA) is 40.5 Å². The number of hydrogen-bond donors (Lipinski definition) is 1. The SMILES string of the molecule is CN(CC(=O)O)Cc1ccc(Cl)cc1F. The summed E-state index contributed by atoms with van der Waals surface area (Å²) in [5.74, 6) is -1.35. The van der Waals surface area contributed by atoms with E-state index in [2.05, 4.69) is 0 Å². The van der Waals surface area contributed by atoms with Gasteiger partial charge in [0.25, 0.3) is 0 Å². The third kappa shape index (κ3) is 3.85. The van der Waals surface area contributed by atoms with Gasteiger partial charge in [-0.05, 0) is 19.2 Å². The Hall–Kier alpha value is -1.13. The number of rotatable bonds is 4. The highest BCUT2D eigenvalue weighted by atomic mass is 35.5. The first-order valence-corrected chi connectivity index (χ1v) is 4.71. The predicted molar refractivity (Wildman–Crippen MR) is 55.4 cm³/mol. The van der Waals surface area contributed by atoms with Gasteiger partial charge in [0, 0.05) is 17.1 Å². The second-order valence-corrected chi connectivity index (χ2v) is 3.74. The first-order valence-electron chi connectivity index (χ1n) is 4.33. The lowest BCUT2D eigenvalue weighted by atomic mass is 10.2. The summed E-state index contributed by atoms with van der Waals surface area (Å²) in [7, 11) is 1.61. The van der Waals surface area contributed by atoms with Crippen molar-refractivity contribution in [1.29, 1.82) is 0 Å². The summed E-state index contributed by atoms with van der Waals surface area (Å²) in [4.78, 5) is 11.9. The van der Waals surface area contributed by atoms with Crippen molar-refractivity contribution in [1.82, 2.24) is 4.90 Å². The molecular formula is C10H11ClFNO2. The molecule has 1 aromatic rings. The standard InChI is InChI=1S/C10H11ClFNO2/c1-13(6-10(14)15)5-7-2-3-8(11)4-9(7)12/h2-4H,5-6H2,1H3,(H,14,15). The third-order valence-electron chi connectivity index (χ3n) is 1.86. The lowest BCUT2D eigenvalue weighted by molar-refractivity contribution is -0.138. The van der Waals surface area contributed by atoms with Crippen LogP contribution in [0.5, 0.6) is 0 Å². The van der Waals surface area contributed by atoms with Gasteiger partial charge in [-0.25, -0.2) is 4.39 Å². The van der Waals surface area contributed by atoms with E-state index in [1.54, 1.807) is 19.2 Å². The highest BCUT2D eigenvalue weighted by Crippen LogP contribution is 2.15. The molecule has 0 bridgehead atoms. The molecule has 0 amide bonds. The molecule has 82 valence electrons. The molecule has 0 aliphatic heterocycles. The minimum absolute atomic E-state index is 0.123. The maximum atomic E-state index is 13.3. The minimum Gasteiger partial charge on any atom is -0.480 e. The molecule has 0 spiro atoms. The maximum absolute atomic E-state index is 13.3. The number of carboxylic acids is 1. The Balaban J connectivity index is 2.68. The minimum atomic E-state index is -0.938. The van der Waals surface area contributed by atoms with E-state index < -0.39 is 11.8 Å². The maximum Gasteiger partial charge on any atom is 0.317 e. The van der Waals surface area contributed by atoms with Crippen LogP contribution in [0.4, 0.5) is 4.39 Å². The van der Waals surface area contributed by atoms with Gasteiger partial charge in [0.1, 0.15) is 5.82 Å². The highest BCUT2D eigenvalue weighted by Gasteiger charge is 2.08. The number of likely N-dealkylation sites (N-methyl/N-ethyl adjacent to an activating group) is 1. The van der Waals surface area contributed by atoms with Gasteiger partial charge in [-0.2, -0.15) is 0 Å². The van der Waals surface area contributed by atoms with Gasteiger partial charge in [0.2, 0.25) is 0 Å². The van der Waals surface area contributed by atoms with Gasteiger partial charge < -0.3 is 5.11 Å². The van der Waals surface area contributed by atoms with Crippen molar-refractivity contribution in [3.8, 4) is 0 Å². The Labute approximate surface area is 92.1 Å². The van der Waals surface area contributed by atoms with Crippen LogP contribution in [0.3, 0.4) is 0 Å². The van der Waals surface area contributed by atoms with Crippen LogP contribution in [-0.4, -0.2) is 29.6 Å². The molecular weight excluding hydrogens is 221 g/mol.